The molecule has 0 aliphatic rings. The molecule has 0 aliphatic heterocycles. The second kappa shape index (κ2) is 9.66. The molecule has 0 bridgehead atoms. The van der Waals surface area contributed by atoms with Gasteiger partial charge in [-0.15, -0.1) is 0 Å². The summed E-state index contributed by atoms with van der Waals surface area (Å²) in [6.07, 6.45) is -1.22. The van der Waals surface area contributed by atoms with E-state index >= 15 is 0 Å². The molecule has 0 atom stereocenters. The van der Waals surface area contributed by atoms with Gasteiger partial charge < -0.3 is 7.96 Å². The Labute approximate surface area is 68.1 Å². The van der Waals surface area contributed by atoms with E-state index in [9.17, 15) is 0 Å². The Bertz CT molecular complexity index is 55.8. The van der Waals surface area contributed by atoms with Gasteiger partial charge in [0.25, 0.3) is 0 Å². The average molecular weight is 92.0 g/mol. The van der Waals surface area contributed by atoms with E-state index < -0.39 is 6.09 Å². The number of carbonyl (C=O) groups is 1. The molecule has 0 radical (unpaired) electrons. The molecule has 0 fully saturated rings. The third-order valence-corrected chi connectivity index (χ3v) is 0.123. The largest absolute Gasteiger partial charge is 1.00 e. The van der Waals surface area contributed by atoms with Gasteiger partial charge in [-0.2, -0.15) is 0 Å². The molecule has 4 nitrogen and oxygen atoms in total. The summed E-state index contributed by atoms with van der Waals surface area (Å²) >= 11 is 0. The number of hydrazine groups is 1. The van der Waals surface area contributed by atoms with Gasteiger partial charge in [0.05, 0.1) is 0 Å². The minimum atomic E-state index is -1.22. The van der Waals surface area contributed by atoms with Crippen molar-refractivity contribution in [3.05, 3.63) is 0 Å². The zero-order chi connectivity index (χ0) is 4.28. The molecule has 0 saturated carbocycles. The number of amides is 1. The summed E-state index contributed by atoms with van der Waals surface area (Å²) in [5, 5.41) is 7.49. The summed E-state index contributed by atoms with van der Waals surface area (Å²) in [6, 6.07) is 0. The molecule has 0 aromatic rings. The van der Waals surface area contributed by atoms with Crippen molar-refractivity contribution in [2.75, 3.05) is 0 Å². The summed E-state index contributed by atoms with van der Waals surface area (Å²) in [5.41, 5.74) is 1.44. The van der Waals surface area contributed by atoms with Crippen LogP contribution in [0.15, 0.2) is 0 Å². The molecule has 6 heteroatoms. The molecule has 1 amide bonds. The molecule has 0 unspecified atom stereocenters. The van der Waals surface area contributed by atoms with Crippen LogP contribution in [0.2, 0.25) is 0 Å². The van der Waals surface area contributed by atoms with Crippen molar-refractivity contribution < 1.29 is 50.5 Å². The van der Waals surface area contributed by atoms with Gasteiger partial charge in [-0.25, -0.2) is 10.6 Å². The van der Waals surface area contributed by atoms with Crippen LogP contribution in [0.3, 0.4) is 0 Å². The number of carboxylic acid groups (broad SMARTS) is 1. The third kappa shape index (κ3) is 21.4. The molecule has 0 aliphatic carbocycles. The fraction of sp³-hybridized carbons (Fsp3) is 0. The molecule has 0 spiro atoms. The first-order valence-electron chi connectivity index (χ1n) is 0.966. The van der Waals surface area contributed by atoms with Gasteiger partial charge in [-0.3, -0.25) is 5.43 Å². The number of rotatable bonds is 0. The van der Waals surface area contributed by atoms with Crippen LogP contribution in [-0.2, 0) is 0 Å². The van der Waals surface area contributed by atoms with E-state index in [1.165, 1.54) is 5.43 Å². The van der Waals surface area contributed by atoms with Crippen molar-refractivity contribution in [3.8, 4) is 0 Å². The fourth-order valence-electron chi connectivity index (χ4n) is 0. The third-order valence-electron chi connectivity index (χ3n) is 0.123. The van der Waals surface area contributed by atoms with E-state index in [2.05, 4.69) is 5.84 Å². The first kappa shape index (κ1) is 15.7. The van der Waals surface area contributed by atoms with Crippen LogP contribution in [-0.4, -0.2) is 11.2 Å². The van der Waals surface area contributed by atoms with Crippen molar-refractivity contribution in [2.24, 2.45) is 5.84 Å². The van der Waals surface area contributed by atoms with E-state index in [1.807, 2.05) is 0 Å². The van der Waals surface area contributed by atoms with Crippen LogP contribution >= 0.6 is 0 Å². The van der Waals surface area contributed by atoms with E-state index in [1.54, 1.807) is 0 Å². The molecule has 0 rings (SSSR count). The zero-order valence-corrected chi connectivity index (χ0v) is 4.43. The fourth-order valence-corrected chi connectivity index (χ4v) is 0. The van der Waals surface area contributed by atoms with Crippen molar-refractivity contribution in [1.82, 2.24) is 5.43 Å². The Balaban J connectivity index is -0.0000000133. The Morgan fingerprint density at radius 2 is 1.86 bits per heavy atom. The van der Waals surface area contributed by atoms with Gasteiger partial charge in [0.2, 0.25) is 0 Å². The number of nitrogens with two attached hydrogens (primary N) is 1. The molecule has 0 aromatic heterocycles. The summed E-state index contributed by atoms with van der Waals surface area (Å²) in [7, 11) is 0. The van der Waals surface area contributed by atoms with E-state index in [0.29, 0.717) is 0 Å². The molecule has 0 aromatic carbocycles. The number of hydrogen-bond acceptors (Lipinski definition) is 2. The number of nitrogens with one attached hydrogen (secondary N) is 1. The Morgan fingerprint density at radius 1 is 1.71 bits per heavy atom. The molecule has 4 N–H and O–H groups in total. The minimum absolute atomic E-state index is 0. The SMILES string of the molecule is NNC(=O)O.[H-].[H-].[Li+].[Li+]. The van der Waals surface area contributed by atoms with Crippen LogP contribution in [0.5, 0.6) is 0 Å². The van der Waals surface area contributed by atoms with Gasteiger partial charge in [-0.05, 0) is 0 Å². The first-order valence-corrected chi connectivity index (χ1v) is 0.966. The van der Waals surface area contributed by atoms with Crippen molar-refractivity contribution in [3.63, 3.8) is 0 Å². The smallest absolute Gasteiger partial charge is 1.00 e. The average Bonchev–Trinajstić information content (AvgIpc) is 1.38. The maximum absolute atomic E-state index is 9.13. The van der Waals surface area contributed by atoms with E-state index in [0.717, 1.165) is 0 Å². The second-order valence-electron chi connectivity index (χ2n) is 0.449. The minimum Gasteiger partial charge on any atom is -1.00 e. The van der Waals surface area contributed by atoms with Crippen molar-refractivity contribution in [2.45, 2.75) is 0 Å². The Morgan fingerprint density at radius 3 is 1.86 bits per heavy atom. The normalized spacial score (nSPS) is 4.71. The molecule has 7 heavy (non-hydrogen) atoms. The monoisotopic (exact) mass is 92.1 g/mol. The van der Waals surface area contributed by atoms with E-state index in [-0.39, 0.29) is 40.6 Å². The second-order valence-corrected chi connectivity index (χ2v) is 0.449. The van der Waals surface area contributed by atoms with Crippen LogP contribution in [0, 0.1) is 0 Å². The van der Waals surface area contributed by atoms with Gasteiger partial charge in [0.15, 0.2) is 0 Å². The Hall–Kier alpha value is 0.425. The van der Waals surface area contributed by atoms with Crippen molar-refractivity contribution >= 4 is 6.09 Å². The van der Waals surface area contributed by atoms with Crippen LogP contribution in [0.25, 0.3) is 0 Å². The predicted octanol–water partition coefficient (Wildman–Crippen LogP) is -6.64. The topological polar surface area (TPSA) is 75.3 Å². The van der Waals surface area contributed by atoms with Crippen LogP contribution < -0.4 is 49.0 Å². The van der Waals surface area contributed by atoms with Crippen LogP contribution in [0.4, 0.5) is 4.79 Å². The Kier molecular flexibility index (Phi) is 21.6. The number of hydrogen-bond donors (Lipinski definition) is 3. The predicted molar refractivity (Wildman–Crippen MR) is 17.6 cm³/mol. The van der Waals surface area contributed by atoms with Gasteiger partial charge >= 0.3 is 43.8 Å². The maximum atomic E-state index is 9.13. The van der Waals surface area contributed by atoms with Gasteiger partial charge in [-0.1, -0.05) is 0 Å². The first-order chi connectivity index (χ1) is 2.27. The molecular weight excluding hydrogens is 85.9 g/mol. The molecular formula is CH6Li2N2O2. The summed E-state index contributed by atoms with van der Waals surface area (Å²) in [4.78, 5) is 9.13. The van der Waals surface area contributed by atoms with Gasteiger partial charge in [0, 0.05) is 0 Å². The van der Waals surface area contributed by atoms with Crippen molar-refractivity contribution in [1.29, 1.82) is 0 Å². The molecule has 34 valence electrons. The summed E-state index contributed by atoms with van der Waals surface area (Å²) in [6.45, 7) is 0. The van der Waals surface area contributed by atoms with Gasteiger partial charge in [0.1, 0.15) is 0 Å². The van der Waals surface area contributed by atoms with Crippen LogP contribution in [0.1, 0.15) is 2.85 Å². The van der Waals surface area contributed by atoms with E-state index in [4.69, 9.17) is 9.90 Å². The molecule has 0 saturated heterocycles. The maximum Gasteiger partial charge on any atom is 1.00 e. The zero-order valence-electron chi connectivity index (χ0n) is 6.43. The quantitative estimate of drug-likeness (QED) is 0.120. The standard InChI is InChI=1S/CH4N2O2.2Li.2H/c2-3-1(4)5;;;;/h3H,2H2,(H,4,5);;;;/q;2*+1;2*-1. The summed E-state index contributed by atoms with van der Waals surface area (Å²) in [5.74, 6) is 4.32. The molecule has 0 heterocycles. The summed E-state index contributed by atoms with van der Waals surface area (Å²) < 4.78 is 0.